The second-order valence-corrected chi connectivity index (χ2v) is 7.45. The van der Waals surface area contributed by atoms with E-state index in [1.807, 2.05) is 24.3 Å². The van der Waals surface area contributed by atoms with Gasteiger partial charge in [0.2, 0.25) is 5.91 Å². The zero-order valence-electron chi connectivity index (χ0n) is 14.3. The van der Waals surface area contributed by atoms with Crippen molar-refractivity contribution < 1.29 is 9.53 Å². The maximum Gasteiger partial charge on any atom is 0.246 e. The van der Waals surface area contributed by atoms with Crippen molar-refractivity contribution in [2.45, 2.75) is 52.7 Å². The van der Waals surface area contributed by atoms with Crippen molar-refractivity contribution in [1.29, 1.82) is 0 Å². The van der Waals surface area contributed by atoms with E-state index in [9.17, 15) is 4.79 Å². The maximum atomic E-state index is 12.0. The van der Waals surface area contributed by atoms with Crippen LogP contribution in [0.3, 0.4) is 0 Å². The van der Waals surface area contributed by atoms with Crippen LogP contribution in [0.2, 0.25) is 5.02 Å². The van der Waals surface area contributed by atoms with E-state index in [-0.39, 0.29) is 18.6 Å². The molecule has 128 valence electrons. The average molecular weight is 338 g/mol. The summed E-state index contributed by atoms with van der Waals surface area (Å²) in [5, 5.41) is 3.56. The van der Waals surface area contributed by atoms with Crippen molar-refractivity contribution in [3.8, 4) is 0 Å². The Labute approximate surface area is 144 Å². The molecule has 3 nitrogen and oxygen atoms in total. The third kappa shape index (κ3) is 5.50. The molecule has 23 heavy (non-hydrogen) atoms. The first kappa shape index (κ1) is 18.3. The average Bonchev–Trinajstić information content (AvgIpc) is 2.52. The first-order chi connectivity index (χ1) is 11.0. The van der Waals surface area contributed by atoms with Gasteiger partial charge in [0.1, 0.15) is 6.61 Å². The summed E-state index contributed by atoms with van der Waals surface area (Å²) in [5.41, 5.74) is 0.925. The third-order valence-corrected chi connectivity index (χ3v) is 5.19. The van der Waals surface area contributed by atoms with E-state index in [4.69, 9.17) is 16.3 Å². The lowest BCUT2D eigenvalue weighted by atomic mass is 9.75. The van der Waals surface area contributed by atoms with E-state index in [1.54, 1.807) is 0 Å². The minimum absolute atomic E-state index is 0.0781. The molecule has 0 unspecified atom stereocenters. The second kappa shape index (κ2) is 8.70. The Kier molecular flexibility index (Phi) is 6.91. The molecular formula is C19H28ClNO2. The Bertz CT molecular complexity index is 518. The van der Waals surface area contributed by atoms with Crippen LogP contribution in [0.15, 0.2) is 24.3 Å². The molecule has 1 saturated carbocycles. The Morgan fingerprint density at radius 1 is 1.35 bits per heavy atom. The van der Waals surface area contributed by atoms with E-state index in [2.05, 4.69) is 26.1 Å². The number of nitrogens with one attached hydrogen (secondary N) is 1. The summed E-state index contributed by atoms with van der Waals surface area (Å²) in [6, 6.07) is 7.55. The number of halogens is 1. The maximum absolute atomic E-state index is 12.0. The van der Waals surface area contributed by atoms with Crippen molar-refractivity contribution in [2.75, 3.05) is 6.61 Å². The smallest absolute Gasteiger partial charge is 0.246 e. The third-order valence-electron chi connectivity index (χ3n) is 4.82. The molecule has 1 aromatic carbocycles. The van der Waals surface area contributed by atoms with E-state index < -0.39 is 0 Å². The van der Waals surface area contributed by atoms with E-state index in [1.165, 1.54) is 12.8 Å². The van der Waals surface area contributed by atoms with Crippen LogP contribution in [0, 0.1) is 17.8 Å². The van der Waals surface area contributed by atoms with E-state index in [0.29, 0.717) is 29.3 Å². The standard InChI is InChI=1S/C19H28ClNO2/c1-13(2)16-9-8-14(3)10-18(16)23-12-19(22)21-11-15-6-4-5-7-17(15)20/h4-7,13-14,16,18H,8-12H2,1-3H3,(H,21,22)/t14-,16+,18-/m1/s1. The van der Waals surface area contributed by atoms with E-state index >= 15 is 0 Å². The molecule has 1 fully saturated rings. The monoisotopic (exact) mass is 337 g/mol. The highest BCUT2D eigenvalue weighted by atomic mass is 35.5. The molecule has 0 bridgehead atoms. The van der Waals surface area contributed by atoms with Crippen LogP contribution in [-0.4, -0.2) is 18.6 Å². The van der Waals surface area contributed by atoms with Crippen molar-refractivity contribution in [3.05, 3.63) is 34.9 Å². The van der Waals surface area contributed by atoms with Crippen LogP contribution >= 0.6 is 11.6 Å². The summed E-state index contributed by atoms with van der Waals surface area (Å²) in [6.45, 7) is 7.33. The molecule has 1 N–H and O–H groups in total. The fourth-order valence-corrected chi connectivity index (χ4v) is 3.58. The Balaban J connectivity index is 1.79. The molecule has 1 aliphatic rings. The van der Waals surface area contributed by atoms with Gasteiger partial charge in [-0.2, -0.15) is 0 Å². The van der Waals surface area contributed by atoms with Gasteiger partial charge in [0.05, 0.1) is 6.10 Å². The SMILES string of the molecule is CC(C)[C@@H]1CC[C@@H](C)C[C@H]1OCC(=O)NCc1ccccc1Cl. The summed E-state index contributed by atoms with van der Waals surface area (Å²) in [7, 11) is 0. The number of hydrogen-bond acceptors (Lipinski definition) is 2. The predicted molar refractivity (Wildman–Crippen MR) is 94.4 cm³/mol. The molecule has 0 aromatic heterocycles. The van der Waals surface area contributed by atoms with Crippen LogP contribution in [0.5, 0.6) is 0 Å². The largest absolute Gasteiger partial charge is 0.368 e. The molecule has 1 aromatic rings. The minimum atomic E-state index is -0.0781. The summed E-state index contributed by atoms with van der Waals surface area (Å²) >= 11 is 6.09. The van der Waals surface area contributed by atoms with Gasteiger partial charge in [0.15, 0.2) is 0 Å². The fraction of sp³-hybridized carbons (Fsp3) is 0.632. The number of ether oxygens (including phenoxy) is 1. The van der Waals surface area contributed by atoms with Gasteiger partial charge >= 0.3 is 0 Å². The van der Waals surface area contributed by atoms with Crippen molar-refractivity contribution >= 4 is 17.5 Å². The molecule has 0 spiro atoms. The molecule has 0 heterocycles. The van der Waals surface area contributed by atoms with Gasteiger partial charge in [-0.15, -0.1) is 0 Å². The van der Waals surface area contributed by atoms with Gasteiger partial charge in [0.25, 0.3) is 0 Å². The summed E-state index contributed by atoms with van der Waals surface area (Å²) in [4.78, 5) is 12.0. The first-order valence-corrected chi connectivity index (χ1v) is 8.97. The second-order valence-electron chi connectivity index (χ2n) is 7.04. The normalized spacial score (nSPS) is 24.7. The summed E-state index contributed by atoms with van der Waals surface area (Å²) < 4.78 is 5.96. The number of hydrogen-bond donors (Lipinski definition) is 1. The van der Waals surface area contributed by atoms with Crippen molar-refractivity contribution in [3.63, 3.8) is 0 Å². The molecule has 1 aliphatic carbocycles. The Morgan fingerprint density at radius 3 is 2.78 bits per heavy atom. The molecule has 1 amide bonds. The lowest BCUT2D eigenvalue weighted by Crippen LogP contribution is -2.37. The number of carbonyl (C=O) groups is 1. The first-order valence-electron chi connectivity index (χ1n) is 8.59. The van der Waals surface area contributed by atoms with E-state index in [0.717, 1.165) is 12.0 Å². The zero-order chi connectivity index (χ0) is 16.8. The van der Waals surface area contributed by atoms with Crippen LogP contribution < -0.4 is 5.32 Å². The Hall–Kier alpha value is -1.06. The van der Waals surface area contributed by atoms with Gasteiger partial charge in [0, 0.05) is 11.6 Å². The highest BCUT2D eigenvalue weighted by molar-refractivity contribution is 6.31. The zero-order valence-corrected chi connectivity index (χ0v) is 15.1. The van der Waals surface area contributed by atoms with Crippen LogP contribution in [-0.2, 0) is 16.1 Å². The lowest BCUT2D eigenvalue weighted by molar-refractivity contribution is -0.131. The van der Waals surface area contributed by atoms with Gasteiger partial charge in [-0.1, -0.05) is 57.0 Å². The van der Waals surface area contributed by atoms with Gasteiger partial charge in [-0.3, -0.25) is 4.79 Å². The molecular weight excluding hydrogens is 310 g/mol. The van der Waals surface area contributed by atoms with Crippen LogP contribution in [0.1, 0.15) is 45.6 Å². The van der Waals surface area contributed by atoms with Gasteiger partial charge < -0.3 is 10.1 Å². The quantitative estimate of drug-likeness (QED) is 0.833. The van der Waals surface area contributed by atoms with Gasteiger partial charge in [-0.05, 0) is 42.2 Å². The minimum Gasteiger partial charge on any atom is -0.368 e. The van der Waals surface area contributed by atoms with Crippen molar-refractivity contribution in [1.82, 2.24) is 5.32 Å². The predicted octanol–water partition coefficient (Wildman–Crippen LogP) is 4.43. The van der Waals surface area contributed by atoms with Crippen molar-refractivity contribution in [2.24, 2.45) is 17.8 Å². The molecule has 4 heteroatoms. The number of rotatable bonds is 6. The molecule has 0 saturated heterocycles. The number of benzene rings is 1. The molecule has 0 aliphatic heterocycles. The number of carbonyl (C=O) groups excluding carboxylic acids is 1. The fourth-order valence-electron chi connectivity index (χ4n) is 3.38. The summed E-state index contributed by atoms with van der Waals surface area (Å²) in [6.07, 6.45) is 3.72. The highest BCUT2D eigenvalue weighted by Crippen LogP contribution is 2.35. The van der Waals surface area contributed by atoms with Crippen LogP contribution in [0.25, 0.3) is 0 Å². The van der Waals surface area contributed by atoms with Gasteiger partial charge in [-0.25, -0.2) is 0 Å². The topological polar surface area (TPSA) is 38.3 Å². The summed E-state index contributed by atoms with van der Waals surface area (Å²) in [5.74, 6) is 1.76. The molecule has 3 atom stereocenters. The Morgan fingerprint density at radius 2 is 2.09 bits per heavy atom. The number of amides is 1. The molecule has 2 rings (SSSR count). The molecule has 0 radical (unpaired) electrons. The highest BCUT2D eigenvalue weighted by Gasteiger charge is 2.31. The lowest BCUT2D eigenvalue weighted by Gasteiger charge is -2.37. The van der Waals surface area contributed by atoms with Crippen LogP contribution in [0.4, 0.5) is 0 Å².